The molecule has 17 heavy (non-hydrogen) atoms. The normalized spacial score (nSPS) is 21.8. The van der Waals surface area contributed by atoms with Crippen molar-refractivity contribution in [2.45, 2.75) is 6.04 Å². The Balaban J connectivity index is 2.13. The molecule has 0 spiro atoms. The van der Waals surface area contributed by atoms with E-state index in [1.165, 1.54) is 0 Å². The Hall–Kier alpha value is -1.04. The fourth-order valence-electron chi connectivity index (χ4n) is 2.05. The molecule has 0 aromatic carbocycles. The molecule has 1 aromatic rings. The largest absolute Gasteiger partial charge is 0.440 e. The number of halogens is 1. The highest BCUT2D eigenvalue weighted by molar-refractivity contribution is 6.29. The van der Waals surface area contributed by atoms with Gasteiger partial charge in [0.05, 0.1) is 6.04 Å². The fraction of sp³-hybridized carbons (Fsp3) is 0.545. The number of hydrogen-bond acceptors (Lipinski definition) is 4. The maximum absolute atomic E-state index is 12.2. The van der Waals surface area contributed by atoms with Gasteiger partial charge in [-0.2, -0.15) is 0 Å². The Bertz CT molecular complexity index is 407. The molecule has 2 N–H and O–H groups in total. The summed E-state index contributed by atoms with van der Waals surface area (Å²) >= 11 is 5.67. The molecule has 1 unspecified atom stereocenters. The summed E-state index contributed by atoms with van der Waals surface area (Å²) in [6.45, 7) is 2.74. The van der Waals surface area contributed by atoms with Crippen LogP contribution in [-0.2, 0) is 0 Å². The SMILES string of the molecule is CN1CCN(C(=O)c2ccc(Cl)o2)C(CN)C1. The van der Waals surface area contributed by atoms with Crippen LogP contribution in [0.25, 0.3) is 0 Å². The van der Waals surface area contributed by atoms with E-state index in [-0.39, 0.29) is 22.9 Å². The topological polar surface area (TPSA) is 62.7 Å². The smallest absolute Gasteiger partial charge is 0.290 e. The van der Waals surface area contributed by atoms with Gasteiger partial charge in [-0.05, 0) is 30.8 Å². The zero-order chi connectivity index (χ0) is 12.4. The molecular formula is C11H16ClN3O2. The van der Waals surface area contributed by atoms with Crippen molar-refractivity contribution in [3.8, 4) is 0 Å². The van der Waals surface area contributed by atoms with E-state index in [0.29, 0.717) is 13.1 Å². The van der Waals surface area contributed by atoms with Crippen LogP contribution in [0.5, 0.6) is 0 Å². The minimum atomic E-state index is -0.138. The van der Waals surface area contributed by atoms with Crippen LogP contribution in [0.3, 0.4) is 0 Å². The molecule has 1 fully saturated rings. The summed E-state index contributed by atoms with van der Waals surface area (Å²) < 4.78 is 5.14. The Morgan fingerprint density at radius 3 is 2.94 bits per heavy atom. The summed E-state index contributed by atoms with van der Waals surface area (Å²) in [5.74, 6) is 0.137. The van der Waals surface area contributed by atoms with Crippen LogP contribution in [0.4, 0.5) is 0 Å². The van der Waals surface area contributed by atoms with Crippen molar-refractivity contribution in [1.29, 1.82) is 0 Å². The van der Waals surface area contributed by atoms with Crippen LogP contribution in [0.2, 0.25) is 5.22 Å². The van der Waals surface area contributed by atoms with E-state index < -0.39 is 0 Å². The second kappa shape index (κ2) is 5.08. The van der Waals surface area contributed by atoms with Gasteiger partial charge in [-0.1, -0.05) is 0 Å². The Labute approximate surface area is 105 Å². The lowest BCUT2D eigenvalue weighted by atomic mass is 10.1. The van der Waals surface area contributed by atoms with E-state index in [1.807, 2.05) is 7.05 Å². The summed E-state index contributed by atoms with van der Waals surface area (Å²) in [5, 5.41) is 0.228. The molecule has 5 nitrogen and oxygen atoms in total. The monoisotopic (exact) mass is 257 g/mol. The minimum Gasteiger partial charge on any atom is -0.440 e. The van der Waals surface area contributed by atoms with Crippen molar-refractivity contribution < 1.29 is 9.21 Å². The zero-order valence-corrected chi connectivity index (χ0v) is 10.5. The predicted molar refractivity (Wildman–Crippen MR) is 65.1 cm³/mol. The number of furan rings is 1. The van der Waals surface area contributed by atoms with Crippen molar-refractivity contribution in [2.24, 2.45) is 5.73 Å². The van der Waals surface area contributed by atoms with Crippen LogP contribution in [-0.4, -0.2) is 55.0 Å². The number of nitrogens with zero attached hydrogens (tertiary/aromatic N) is 2. The minimum absolute atomic E-state index is 0.0325. The van der Waals surface area contributed by atoms with E-state index in [4.69, 9.17) is 21.8 Å². The number of likely N-dealkylation sites (N-methyl/N-ethyl adjacent to an activating group) is 1. The summed E-state index contributed by atoms with van der Waals surface area (Å²) in [5.41, 5.74) is 5.70. The molecule has 2 rings (SSSR count). The van der Waals surface area contributed by atoms with Gasteiger partial charge in [0.15, 0.2) is 11.0 Å². The van der Waals surface area contributed by atoms with Crippen molar-refractivity contribution in [2.75, 3.05) is 33.2 Å². The number of amides is 1. The highest BCUT2D eigenvalue weighted by atomic mass is 35.5. The van der Waals surface area contributed by atoms with E-state index in [2.05, 4.69) is 4.90 Å². The van der Waals surface area contributed by atoms with Crippen molar-refractivity contribution in [1.82, 2.24) is 9.80 Å². The number of carbonyl (C=O) groups is 1. The molecule has 0 radical (unpaired) electrons. The molecule has 1 aromatic heterocycles. The molecular weight excluding hydrogens is 242 g/mol. The molecule has 1 amide bonds. The molecule has 94 valence electrons. The first kappa shape index (κ1) is 12.4. The lowest BCUT2D eigenvalue weighted by Crippen LogP contribution is -2.56. The molecule has 1 saturated heterocycles. The van der Waals surface area contributed by atoms with Crippen LogP contribution in [0, 0.1) is 0 Å². The number of carbonyl (C=O) groups excluding carboxylic acids is 1. The van der Waals surface area contributed by atoms with Gasteiger partial charge >= 0.3 is 0 Å². The third-order valence-corrected chi connectivity index (χ3v) is 3.21. The van der Waals surface area contributed by atoms with Gasteiger partial charge < -0.3 is 20.0 Å². The van der Waals surface area contributed by atoms with Gasteiger partial charge in [0.2, 0.25) is 0 Å². The molecule has 2 heterocycles. The van der Waals surface area contributed by atoms with Crippen molar-refractivity contribution in [3.05, 3.63) is 23.1 Å². The molecule has 0 saturated carbocycles. The van der Waals surface area contributed by atoms with Crippen molar-refractivity contribution >= 4 is 17.5 Å². The number of rotatable bonds is 2. The maximum atomic E-state index is 12.2. The maximum Gasteiger partial charge on any atom is 0.290 e. The van der Waals surface area contributed by atoms with Gasteiger partial charge in [0.25, 0.3) is 5.91 Å². The van der Waals surface area contributed by atoms with Crippen LogP contribution < -0.4 is 5.73 Å². The van der Waals surface area contributed by atoms with Gasteiger partial charge in [0.1, 0.15) is 0 Å². The van der Waals surface area contributed by atoms with Gasteiger partial charge in [-0.25, -0.2) is 0 Å². The van der Waals surface area contributed by atoms with Gasteiger partial charge in [0, 0.05) is 26.2 Å². The third-order valence-electron chi connectivity index (χ3n) is 3.00. The standard InChI is InChI=1S/C11H16ClN3O2/c1-14-4-5-15(8(6-13)7-14)11(16)9-2-3-10(12)17-9/h2-3,8H,4-7,13H2,1H3. The lowest BCUT2D eigenvalue weighted by molar-refractivity contribution is 0.0486. The first-order valence-corrected chi connectivity index (χ1v) is 5.94. The van der Waals surface area contributed by atoms with E-state index in [0.717, 1.165) is 13.1 Å². The van der Waals surface area contributed by atoms with E-state index in [1.54, 1.807) is 17.0 Å². The van der Waals surface area contributed by atoms with E-state index in [9.17, 15) is 4.79 Å². The molecule has 0 bridgehead atoms. The summed E-state index contributed by atoms with van der Waals surface area (Å²) in [7, 11) is 2.02. The third kappa shape index (κ3) is 2.62. The fourth-order valence-corrected chi connectivity index (χ4v) is 2.20. The summed E-state index contributed by atoms with van der Waals surface area (Å²) in [4.78, 5) is 16.1. The number of piperazine rings is 1. The van der Waals surface area contributed by atoms with E-state index >= 15 is 0 Å². The quantitative estimate of drug-likeness (QED) is 0.845. The second-order valence-electron chi connectivity index (χ2n) is 4.25. The number of nitrogens with two attached hydrogens (primary N) is 1. The molecule has 0 aliphatic carbocycles. The molecule has 1 atom stereocenters. The van der Waals surface area contributed by atoms with Crippen molar-refractivity contribution in [3.63, 3.8) is 0 Å². The Morgan fingerprint density at radius 2 is 2.35 bits per heavy atom. The van der Waals surface area contributed by atoms with Gasteiger partial charge in [-0.15, -0.1) is 0 Å². The average Bonchev–Trinajstić information content (AvgIpc) is 2.75. The highest BCUT2D eigenvalue weighted by Crippen LogP contribution is 2.17. The summed E-state index contributed by atoms with van der Waals surface area (Å²) in [6, 6.07) is 3.20. The highest BCUT2D eigenvalue weighted by Gasteiger charge is 2.30. The molecule has 1 aliphatic rings. The Morgan fingerprint density at radius 1 is 1.59 bits per heavy atom. The predicted octanol–water partition coefficient (Wildman–Crippen LogP) is 0.648. The van der Waals surface area contributed by atoms with Crippen LogP contribution >= 0.6 is 11.6 Å². The Kier molecular flexibility index (Phi) is 3.71. The summed E-state index contributed by atoms with van der Waals surface area (Å²) in [6.07, 6.45) is 0. The van der Waals surface area contributed by atoms with Crippen LogP contribution in [0.15, 0.2) is 16.5 Å². The molecule has 6 heteroatoms. The van der Waals surface area contributed by atoms with Gasteiger partial charge in [-0.3, -0.25) is 4.79 Å². The van der Waals surface area contributed by atoms with Crippen LogP contribution in [0.1, 0.15) is 10.6 Å². The average molecular weight is 258 g/mol. The zero-order valence-electron chi connectivity index (χ0n) is 9.73. The first-order chi connectivity index (χ1) is 8.11. The number of hydrogen-bond donors (Lipinski definition) is 1. The second-order valence-corrected chi connectivity index (χ2v) is 4.63. The first-order valence-electron chi connectivity index (χ1n) is 5.56. The lowest BCUT2D eigenvalue weighted by Gasteiger charge is -2.39. The molecule has 1 aliphatic heterocycles.